The lowest BCUT2D eigenvalue weighted by Gasteiger charge is -2.26. The summed E-state index contributed by atoms with van der Waals surface area (Å²) in [6.07, 6.45) is 2.50. The van der Waals surface area contributed by atoms with Gasteiger partial charge in [-0.1, -0.05) is 55.8 Å². The second-order valence-corrected chi connectivity index (χ2v) is 10.7. The molecule has 4 aromatic rings. The van der Waals surface area contributed by atoms with Crippen LogP contribution >= 0.6 is 0 Å². The lowest BCUT2D eigenvalue weighted by atomic mass is 9.81. The van der Waals surface area contributed by atoms with Crippen molar-refractivity contribution in [2.45, 2.75) is 44.0 Å². The molecule has 6 nitrogen and oxygen atoms in total. The van der Waals surface area contributed by atoms with E-state index in [1.54, 1.807) is 0 Å². The Bertz CT molecular complexity index is 1470. The highest BCUT2D eigenvalue weighted by molar-refractivity contribution is 5.93. The van der Waals surface area contributed by atoms with E-state index in [1.807, 2.05) is 6.07 Å². The van der Waals surface area contributed by atoms with Crippen molar-refractivity contribution in [3.05, 3.63) is 77.9 Å². The van der Waals surface area contributed by atoms with E-state index >= 15 is 0 Å². The summed E-state index contributed by atoms with van der Waals surface area (Å²) in [6.45, 7) is 6.21. The number of hydrogen-bond acceptors (Lipinski definition) is 6. The van der Waals surface area contributed by atoms with Gasteiger partial charge in [0, 0.05) is 17.0 Å². The van der Waals surface area contributed by atoms with Crippen molar-refractivity contribution in [3.8, 4) is 17.2 Å². The van der Waals surface area contributed by atoms with Gasteiger partial charge in [0.2, 0.25) is 0 Å². The van der Waals surface area contributed by atoms with Crippen LogP contribution in [-0.4, -0.2) is 58.0 Å². The van der Waals surface area contributed by atoms with Crippen molar-refractivity contribution >= 4 is 21.5 Å². The molecule has 0 aromatic heterocycles. The molecule has 39 heavy (non-hydrogen) atoms. The van der Waals surface area contributed by atoms with Gasteiger partial charge in [0.15, 0.2) is 0 Å². The minimum Gasteiger partial charge on any atom is -0.491 e. The van der Waals surface area contributed by atoms with Crippen LogP contribution in [-0.2, 0) is 14.2 Å². The van der Waals surface area contributed by atoms with Crippen molar-refractivity contribution < 1.29 is 28.4 Å². The fourth-order valence-corrected chi connectivity index (χ4v) is 5.41. The van der Waals surface area contributed by atoms with E-state index in [0.717, 1.165) is 60.7 Å². The van der Waals surface area contributed by atoms with Crippen LogP contribution in [0.15, 0.2) is 66.7 Å². The average Bonchev–Trinajstić information content (AvgIpc) is 3.82. The smallest absolute Gasteiger partial charge is 0.123 e. The van der Waals surface area contributed by atoms with E-state index in [-0.39, 0.29) is 24.2 Å². The molecule has 0 saturated carbocycles. The summed E-state index contributed by atoms with van der Waals surface area (Å²) in [7, 11) is 0. The molecule has 0 aliphatic carbocycles. The van der Waals surface area contributed by atoms with Crippen LogP contribution in [0.2, 0.25) is 0 Å². The Labute approximate surface area is 228 Å². The van der Waals surface area contributed by atoms with Gasteiger partial charge in [-0.2, -0.15) is 0 Å². The van der Waals surface area contributed by atoms with Gasteiger partial charge in [0.05, 0.1) is 19.8 Å². The van der Waals surface area contributed by atoms with E-state index in [9.17, 15) is 0 Å². The molecule has 6 heteroatoms. The van der Waals surface area contributed by atoms with Crippen molar-refractivity contribution in [2.75, 3.05) is 39.6 Å². The summed E-state index contributed by atoms with van der Waals surface area (Å²) in [5, 5.41) is 4.70. The Morgan fingerprint density at radius 1 is 0.667 bits per heavy atom. The molecule has 3 aliphatic heterocycles. The summed E-state index contributed by atoms with van der Waals surface area (Å²) in [4.78, 5) is 0. The number of ether oxygens (including phenoxy) is 6. The highest BCUT2D eigenvalue weighted by atomic mass is 16.6. The maximum atomic E-state index is 6.48. The predicted molar refractivity (Wildman–Crippen MR) is 150 cm³/mol. The zero-order valence-corrected chi connectivity index (χ0v) is 22.3. The topological polar surface area (TPSA) is 65.3 Å². The molecule has 4 atom stereocenters. The molecule has 0 amide bonds. The number of fused-ring (bicyclic) bond motifs is 2. The molecular weight excluding hydrogens is 492 g/mol. The first-order valence-electron chi connectivity index (χ1n) is 14.1. The lowest BCUT2D eigenvalue weighted by molar-refractivity contribution is 0.257. The standard InChI is InChI=1S/C33H34O6/c1-2-5-28(32-27-7-4-3-6-21(27)9-12-30(32)38-19-25-17-36-25)33-29-14-23(34-15-24-16-35-24)11-8-22(29)10-13-31(33)39-20-26-18-37-26/h3-4,6-14,24-26,28H,2,5,15-20H2,1H3. The van der Waals surface area contributed by atoms with Crippen molar-refractivity contribution in [2.24, 2.45) is 0 Å². The minimum atomic E-state index is 0.0528. The molecule has 3 fully saturated rings. The Balaban J connectivity index is 1.39. The normalized spacial score (nSPS) is 22.0. The third-order valence-corrected chi connectivity index (χ3v) is 7.69. The molecule has 7 rings (SSSR count). The molecule has 4 aromatic carbocycles. The molecule has 0 N–H and O–H groups in total. The largest absolute Gasteiger partial charge is 0.491 e. The Hall–Kier alpha value is -3.32. The van der Waals surface area contributed by atoms with Crippen LogP contribution in [0.25, 0.3) is 21.5 Å². The third kappa shape index (κ3) is 5.55. The zero-order valence-electron chi connectivity index (χ0n) is 22.3. The quantitative estimate of drug-likeness (QED) is 0.192. The van der Waals surface area contributed by atoms with Gasteiger partial charge in [-0.15, -0.1) is 0 Å². The molecular formula is C33H34O6. The Kier molecular flexibility index (Phi) is 6.77. The van der Waals surface area contributed by atoms with Crippen molar-refractivity contribution in [1.29, 1.82) is 0 Å². The summed E-state index contributed by atoms with van der Waals surface area (Å²) >= 11 is 0. The van der Waals surface area contributed by atoms with Gasteiger partial charge in [-0.05, 0) is 52.2 Å². The SMILES string of the molecule is CCCC(c1c(OCC2CO2)ccc2ccccc12)c1c(OCC2CO2)ccc2ccc(OCC3CO3)cc12. The highest BCUT2D eigenvalue weighted by Gasteiger charge is 2.30. The van der Waals surface area contributed by atoms with Gasteiger partial charge in [0.25, 0.3) is 0 Å². The summed E-state index contributed by atoms with van der Waals surface area (Å²) in [5.41, 5.74) is 2.38. The van der Waals surface area contributed by atoms with Crippen molar-refractivity contribution in [3.63, 3.8) is 0 Å². The first-order chi connectivity index (χ1) is 19.3. The van der Waals surface area contributed by atoms with Gasteiger partial charge >= 0.3 is 0 Å². The zero-order chi connectivity index (χ0) is 26.2. The van der Waals surface area contributed by atoms with Gasteiger partial charge in [-0.3, -0.25) is 0 Å². The third-order valence-electron chi connectivity index (χ3n) is 7.69. The molecule has 0 spiro atoms. The molecule has 3 saturated heterocycles. The van der Waals surface area contributed by atoms with E-state index in [2.05, 4.69) is 67.6 Å². The lowest BCUT2D eigenvalue weighted by Crippen LogP contribution is -2.12. The minimum absolute atomic E-state index is 0.0528. The van der Waals surface area contributed by atoms with E-state index in [0.29, 0.717) is 19.8 Å². The maximum absolute atomic E-state index is 6.48. The Morgan fingerprint density at radius 3 is 1.82 bits per heavy atom. The van der Waals surface area contributed by atoms with Crippen LogP contribution in [0.5, 0.6) is 17.2 Å². The summed E-state index contributed by atoms with van der Waals surface area (Å²) < 4.78 is 35.4. The molecule has 202 valence electrons. The van der Waals surface area contributed by atoms with Crippen LogP contribution in [0.4, 0.5) is 0 Å². The molecule has 3 heterocycles. The fourth-order valence-electron chi connectivity index (χ4n) is 5.41. The number of benzene rings is 4. The highest BCUT2D eigenvalue weighted by Crippen LogP contribution is 2.46. The van der Waals surface area contributed by atoms with Crippen molar-refractivity contribution in [1.82, 2.24) is 0 Å². The van der Waals surface area contributed by atoms with Crippen LogP contribution < -0.4 is 14.2 Å². The van der Waals surface area contributed by atoms with Gasteiger partial charge in [-0.25, -0.2) is 0 Å². The monoisotopic (exact) mass is 526 g/mol. The molecule has 4 unspecified atom stereocenters. The van der Waals surface area contributed by atoms with Gasteiger partial charge in [0.1, 0.15) is 55.4 Å². The molecule has 0 radical (unpaired) electrons. The number of hydrogen-bond donors (Lipinski definition) is 0. The second kappa shape index (κ2) is 10.7. The number of epoxide rings is 3. The summed E-state index contributed by atoms with van der Waals surface area (Å²) in [5.74, 6) is 2.70. The maximum Gasteiger partial charge on any atom is 0.123 e. The average molecular weight is 527 g/mol. The van der Waals surface area contributed by atoms with E-state index < -0.39 is 0 Å². The number of rotatable bonds is 13. The van der Waals surface area contributed by atoms with Crippen LogP contribution in [0.3, 0.4) is 0 Å². The molecule has 0 bridgehead atoms. The molecule has 3 aliphatic rings. The second-order valence-electron chi connectivity index (χ2n) is 10.7. The summed E-state index contributed by atoms with van der Waals surface area (Å²) in [6, 6.07) is 23.5. The van der Waals surface area contributed by atoms with Crippen LogP contribution in [0.1, 0.15) is 36.8 Å². The van der Waals surface area contributed by atoms with E-state index in [4.69, 9.17) is 28.4 Å². The van der Waals surface area contributed by atoms with E-state index in [1.165, 1.54) is 21.9 Å². The predicted octanol–water partition coefficient (Wildman–Crippen LogP) is 6.26. The fraction of sp³-hybridized carbons (Fsp3) is 0.394. The Morgan fingerprint density at radius 2 is 1.21 bits per heavy atom. The first kappa shape index (κ1) is 24.7. The first-order valence-corrected chi connectivity index (χ1v) is 14.1. The van der Waals surface area contributed by atoms with Gasteiger partial charge < -0.3 is 28.4 Å². The van der Waals surface area contributed by atoms with Crippen LogP contribution in [0, 0.1) is 0 Å².